The zero-order valence-corrected chi connectivity index (χ0v) is 20.5. The number of rotatable bonds is 6. The maximum Gasteiger partial charge on any atom is 0.262 e. The molecule has 0 spiro atoms. The van der Waals surface area contributed by atoms with Gasteiger partial charge in [-0.15, -0.1) is 11.3 Å². The second kappa shape index (κ2) is 9.49. The molecule has 4 nitrogen and oxygen atoms in total. The Bertz CT molecular complexity index is 1230. The summed E-state index contributed by atoms with van der Waals surface area (Å²) >= 11 is 7.35. The molecule has 0 atom stereocenters. The smallest absolute Gasteiger partial charge is 0.262 e. The summed E-state index contributed by atoms with van der Waals surface area (Å²) in [4.78, 5) is 5.93. The fourth-order valence-corrected chi connectivity index (χ4v) is 6.86. The first-order valence-corrected chi connectivity index (χ1v) is 13.5. The highest BCUT2D eigenvalue weighted by atomic mass is 35.5. The van der Waals surface area contributed by atoms with Crippen LogP contribution in [0.2, 0.25) is 5.02 Å². The van der Waals surface area contributed by atoms with Crippen molar-refractivity contribution >= 4 is 38.6 Å². The molecule has 0 aliphatic heterocycles. The Morgan fingerprint density at radius 1 is 1.12 bits per heavy atom. The Morgan fingerprint density at radius 3 is 2.59 bits per heavy atom. The van der Waals surface area contributed by atoms with Crippen LogP contribution in [0.15, 0.2) is 41.3 Å². The molecule has 0 bridgehead atoms. The highest BCUT2D eigenvalue weighted by molar-refractivity contribution is 7.92. The number of halogens is 2. The van der Waals surface area contributed by atoms with Gasteiger partial charge in [0.05, 0.1) is 31.2 Å². The second-order valence-electron chi connectivity index (χ2n) is 8.44. The summed E-state index contributed by atoms with van der Waals surface area (Å²) < 4.78 is 42.4. The summed E-state index contributed by atoms with van der Waals surface area (Å²) in [5.74, 6) is 0.0168. The Hall–Kier alpha value is -1.96. The van der Waals surface area contributed by atoms with E-state index in [9.17, 15) is 12.8 Å². The molecule has 1 fully saturated rings. The molecule has 0 radical (unpaired) electrons. The Balaban J connectivity index is 1.61. The summed E-state index contributed by atoms with van der Waals surface area (Å²) in [6.45, 7) is 3.72. The number of anilines is 1. The van der Waals surface area contributed by atoms with E-state index in [4.69, 9.17) is 16.6 Å². The first-order valence-electron chi connectivity index (χ1n) is 10.8. The van der Waals surface area contributed by atoms with Gasteiger partial charge >= 0.3 is 0 Å². The molecular weight excluding hydrogens is 467 g/mol. The maximum atomic E-state index is 13.8. The van der Waals surface area contributed by atoms with Crippen molar-refractivity contribution < 1.29 is 12.8 Å². The van der Waals surface area contributed by atoms with Gasteiger partial charge in [-0.2, -0.15) is 0 Å². The zero-order valence-electron chi connectivity index (χ0n) is 18.1. The van der Waals surface area contributed by atoms with Crippen LogP contribution in [0.1, 0.15) is 48.4 Å². The second-order valence-corrected chi connectivity index (χ2v) is 11.6. The lowest BCUT2D eigenvalue weighted by Crippen LogP contribution is -2.14. The van der Waals surface area contributed by atoms with Crippen LogP contribution >= 0.6 is 22.9 Å². The lowest BCUT2D eigenvalue weighted by Gasteiger charge is -2.20. The Morgan fingerprint density at radius 2 is 1.88 bits per heavy atom. The van der Waals surface area contributed by atoms with E-state index in [-0.39, 0.29) is 15.6 Å². The normalized spacial score (nSPS) is 15.1. The largest absolute Gasteiger partial charge is 0.280 e. The van der Waals surface area contributed by atoms with Crippen molar-refractivity contribution in [2.75, 3.05) is 4.72 Å². The van der Waals surface area contributed by atoms with Gasteiger partial charge in [0, 0.05) is 6.42 Å². The van der Waals surface area contributed by atoms with Crippen molar-refractivity contribution in [3.8, 4) is 10.4 Å². The number of nitrogens with one attached hydrogen (secondary N) is 1. The van der Waals surface area contributed by atoms with Crippen molar-refractivity contribution in [1.29, 1.82) is 0 Å². The number of thiazole rings is 1. The molecule has 1 N–H and O–H groups in total. The summed E-state index contributed by atoms with van der Waals surface area (Å²) in [5, 5.41) is 1.06. The van der Waals surface area contributed by atoms with Gasteiger partial charge in [0.2, 0.25) is 0 Å². The minimum atomic E-state index is -3.91. The minimum absolute atomic E-state index is 0.0594. The molecule has 1 aromatic heterocycles. The third kappa shape index (κ3) is 5.16. The van der Waals surface area contributed by atoms with Crippen molar-refractivity contribution in [2.24, 2.45) is 5.92 Å². The van der Waals surface area contributed by atoms with Crippen molar-refractivity contribution in [2.45, 2.75) is 57.3 Å². The van der Waals surface area contributed by atoms with Crippen LogP contribution in [0, 0.1) is 25.6 Å². The van der Waals surface area contributed by atoms with Crippen LogP contribution in [0.25, 0.3) is 10.4 Å². The SMILES string of the molecule is Cc1ccc(-c2sc(CC3CCCCC3)nc2C)cc1S(=O)(=O)Nc1ccc(Cl)c(F)c1. The van der Waals surface area contributed by atoms with Crippen LogP contribution < -0.4 is 4.72 Å². The topological polar surface area (TPSA) is 59.1 Å². The summed E-state index contributed by atoms with van der Waals surface area (Å²) in [6, 6.07) is 9.24. The highest BCUT2D eigenvalue weighted by Gasteiger charge is 2.21. The van der Waals surface area contributed by atoms with Gasteiger partial charge in [-0.05, 0) is 55.2 Å². The van der Waals surface area contributed by atoms with Crippen molar-refractivity contribution in [3.05, 3.63) is 63.5 Å². The van der Waals surface area contributed by atoms with Crippen LogP contribution in [0.4, 0.5) is 10.1 Å². The number of benzene rings is 2. The third-order valence-corrected chi connectivity index (χ3v) is 9.00. The summed E-state index contributed by atoms with van der Waals surface area (Å²) in [5.41, 5.74) is 2.48. The fraction of sp³-hybridized carbons (Fsp3) is 0.375. The number of nitrogens with zero attached hydrogens (tertiary/aromatic N) is 1. The molecule has 3 aromatic rings. The predicted octanol–water partition coefficient (Wildman–Crippen LogP) is 7.14. The fourth-order valence-electron chi connectivity index (χ4n) is 4.25. The molecule has 0 unspecified atom stereocenters. The molecular formula is C24H26ClFN2O2S2. The van der Waals surface area contributed by atoms with E-state index in [1.165, 1.54) is 44.2 Å². The third-order valence-electron chi connectivity index (χ3n) is 5.94. The van der Waals surface area contributed by atoms with E-state index in [2.05, 4.69) is 4.72 Å². The molecule has 2 aromatic carbocycles. The van der Waals surface area contributed by atoms with Crippen LogP contribution in [0.3, 0.4) is 0 Å². The highest BCUT2D eigenvalue weighted by Crippen LogP contribution is 2.35. The summed E-state index contributed by atoms with van der Waals surface area (Å²) in [6.07, 6.45) is 7.44. The molecule has 1 heterocycles. The molecule has 4 rings (SSSR count). The zero-order chi connectivity index (χ0) is 22.9. The number of hydrogen-bond acceptors (Lipinski definition) is 4. The quantitative estimate of drug-likeness (QED) is 0.397. The molecule has 1 aliphatic rings. The minimum Gasteiger partial charge on any atom is -0.280 e. The number of hydrogen-bond donors (Lipinski definition) is 1. The number of sulfonamides is 1. The van der Waals surface area contributed by atoms with E-state index in [0.717, 1.165) is 33.6 Å². The van der Waals surface area contributed by atoms with E-state index in [1.54, 1.807) is 30.4 Å². The predicted molar refractivity (Wildman–Crippen MR) is 130 cm³/mol. The average molecular weight is 493 g/mol. The van der Waals surface area contributed by atoms with E-state index in [0.29, 0.717) is 11.5 Å². The standard InChI is InChI=1S/C24H26ClFN2O2S2/c1-15-8-9-18(24-16(2)27-23(31-24)12-17-6-4-3-5-7-17)13-22(15)32(29,30)28-19-10-11-20(25)21(26)14-19/h8-11,13-14,17,28H,3-7,12H2,1-2H3. The van der Waals surface area contributed by atoms with Gasteiger partial charge in [0.15, 0.2) is 0 Å². The summed E-state index contributed by atoms with van der Waals surface area (Å²) in [7, 11) is -3.91. The van der Waals surface area contributed by atoms with Gasteiger partial charge in [0.1, 0.15) is 5.82 Å². The number of aryl methyl sites for hydroxylation is 2. The van der Waals surface area contributed by atoms with Crippen molar-refractivity contribution in [1.82, 2.24) is 4.98 Å². The van der Waals surface area contributed by atoms with Crippen LogP contribution in [0.5, 0.6) is 0 Å². The van der Waals surface area contributed by atoms with Gasteiger partial charge in [-0.1, -0.05) is 55.8 Å². The van der Waals surface area contributed by atoms with Gasteiger partial charge in [-0.3, -0.25) is 4.72 Å². The van der Waals surface area contributed by atoms with E-state index in [1.807, 2.05) is 13.0 Å². The molecule has 8 heteroatoms. The molecule has 0 saturated heterocycles. The van der Waals surface area contributed by atoms with Crippen LogP contribution in [-0.4, -0.2) is 13.4 Å². The van der Waals surface area contributed by atoms with Crippen molar-refractivity contribution in [3.63, 3.8) is 0 Å². The number of aromatic nitrogens is 1. The molecule has 1 saturated carbocycles. The van der Waals surface area contributed by atoms with E-state index < -0.39 is 15.8 Å². The molecule has 0 amide bonds. The molecule has 32 heavy (non-hydrogen) atoms. The van der Waals surface area contributed by atoms with Gasteiger partial charge < -0.3 is 0 Å². The lowest BCUT2D eigenvalue weighted by atomic mass is 9.87. The maximum absolute atomic E-state index is 13.8. The van der Waals surface area contributed by atoms with Gasteiger partial charge in [-0.25, -0.2) is 17.8 Å². The molecule has 1 aliphatic carbocycles. The first kappa shape index (κ1) is 23.2. The van der Waals surface area contributed by atoms with Gasteiger partial charge in [0.25, 0.3) is 10.0 Å². The van der Waals surface area contributed by atoms with Crippen LogP contribution in [-0.2, 0) is 16.4 Å². The Kier molecular flexibility index (Phi) is 6.89. The first-order chi connectivity index (χ1) is 15.2. The molecule has 170 valence electrons. The monoisotopic (exact) mass is 492 g/mol. The lowest BCUT2D eigenvalue weighted by molar-refractivity contribution is 0.356. The Labute approximate surface area is 197 Å². The average Bonchev–Trinajstić information content (AvgIpc) is 3.11. The van der Waals surface area contributed by atoms with E-state index >= 15 is 0 Å².